The summed E-state index contributed by atoms with van der Waals surface area (Å²) < 4.78 is 5.33. The predicted molar refractivity (Wildman–Crippen MR) is 60.3 cm³/mol. The molecule has 84 valence electrons. The van der Waals surface area contributed by atoms with Crippen LogP contribution in [0.15, 0.2) is 6.20 Å². The van der Waals surface area contributed by atoms with Crippen molar-refractivity contribution in [2.75, 3.05) is 13.2 Å². The van der Waals surface area contributed by atoms with Crippen LogP contribution in [0.3, 0.4) is 0 Å². The molecule has 0 saturated carbocycles. The van der Waals surface area contributed by atoms with Crippen molar-refractivity contribution in [3.05, 3.63) is 16.1 Å². The first kappa shape index (κ1) is 11.0. The number of nitrogens with zero attached hydrogens (tertiary/aromatic N) is 1. The van der Waals surface area contributed by atoms with E-state index in [1.165, 1.54) is 9.88 Å². The molecule has 1 aliphatic heterocycles. The molecule has 2 rings (SSSR count). The van der Waals surface area contributed by atoms with Gasteiger partial charge in [0.2, 0.25) is 0 Å². The first-order valence-electron chi connectivity index (χ1n) is 5.46. The second kappa shape index (κ2) is 5.05. The van der Waals surface area contributed by atoms with Gasteiger partial charge in [-0.25, -0.2) is 4.98 Å². The summed E-state index contributed by atoms with van der Waals surface area (Å²) in [6.07, 6.45) is 4.53. The molecule has 0 spiro atoms. The lowest BCUT2D eigenvalue weighted by atomic mass is 10.0. The van der Waals surface area contributed by atoms with Crippen LogP contribution in [0.4, 0.5) is 0 Å². The normalized spacial score (nSPS) is 20.4. The van der Waals surface area contributed by atoms with E-state index >= 15 is 0 Å². The third-order valence-corrected chi connectivity index (χ3v) is 3.82. The first-order valence-corrected chi connectivity index (χ1v) is 6.28. The van der Waals surface area contributed by atoms with Crippen LogP contribution in [-0.2, 0) is 11.2 Å². The topological polar surface area (TPSA) is 42.4 Å². The minimum absolute atomic E-state index is 0.270. The highest BCUT2D eigenvalue weighted by Crippen LogP contribution is 2.30. The highest BCUT2D eigenvalue weighted by Gasteiger charge is 2.19. The third kappa shape index (κ3) is 3.00. The van der Waals surface area contributed by atoms with E-state index in [9.17, 15) is 5.11 Å². The molecule has 1 fully saturated rings. The second-order valence-corrected chi connectivity index (χ2v) is 5.25. The van der Waals surface area contributed by atoms with Crippen molar-refractivity contribution in [2.45, 2.75) is 38.2 Å². The quantitative estimate of drug-likeness (QED) is 0.858. The molecule has 4 heteroatoms. The Morgan fingerprint density at radius 2 is 2.33 bits per heavy atom. The monoisotopic (exact) mass is 227 g/mol. The van der Waals surface area contributed by atoms with E-state index in [2.05, 4.69) is 4.98 Å². The van der Waals surface area contributed by atoms with Crippen LogP contribution >= 0.6 is 11.3 Å². The number of hydrogen-bond donors (Lipinski definition) is 1. The van der Waals surface area contributed by atoms with E-state index in [0.29, 0.717) is 5.92 Å². The molecule has 1 aliphatic rings. The minimum atomic E-state index is -0.270. The van der Waals surface area contributed by atoms with Crippen LogP contribution in [0.1, 0.15) is 35.6 Å². The van der Waals surface area contributed by atoms with Crippen molar-refractivity contribution in [2.24, 2.45) is 0 Å². The molecule has 0 radical (unpaired) electrons. The summed E-state index contributed by atoms with van der Waals surface area (Å²) in [6.45, 7) is 3.53. The largest absolute Gasteiger partial charge is 0.393 e. The Balaban J connectivity index is 1.99. The van der Waals surface area contributed by atoms with Crippen molar-refractivity contribution in [1.82, 2.24) is 4.98 Å². The Morgan fingerprint density at radius 1 is 1.60 bits per heavy atom. The van der Waals surface area contributed by atoms with E-state index in [0.717, 1.165) is 32.5 Å². The van der Waals surface area contributed by atoms with E-state index in [-0.39, 0.29) is 6.10 Å². The first-order chi connectivity index (χ1) is 7.25. The molecule has 0 amide bonds. The molecule has 15 heavy (non-hydrogen) atoms. The number of aliphatic hydroxyl groups is 1. The second-order valence-electron chi connectivity index (χ2n) is 4.10. The smallest absolute Gasteiger partial charge is 0.0960 e. The van der Waals surface area contributed by atoms with Crippen molar-refractivity contribution < 1.29 is 9.84 Å². The third-order valence-electron chi connectivity index (χ3n) is 2.64. The summed E-state index contributed by atoms with van der Waals surface area (Å²) in [5.74, 6) is 0.575. The highest BCUT2D eigenvalue weighted by molar-refractivity contribution is 7.11. The minimum Gasteiger partial charge on any atom is -0.393 e. The molecule has 0 bridgehead atoms. The van der Waals surface area contributed by atoms with Crippen LogP contribution < -0.4 is 0 Å². The Bertz CT molecular complexity index is 305. The zero-order chi connectivity index (χ0) is 10.7. The summed E-state index contributed by atoms with van der Waals surface area (Å²) in [4.78, 5) is 5.63. The number of ether oxygens (including phenoxy) is 1. The fourth-order valence-electron chi connectivity index (χ4n) is 1.84. The van der Waals surface area contributed by atoms with Gasteiger partial charge in [-0.05, 0) is 19.8 Å². The molecular weight excluding hydrogens is 210 g/mol. The molecule has 1 aromatic heterocycles. The summed E-state index contributed by atoms with van der Waals surface area (Å²) >= 11 is 1.74. The van der Waals surface area contributed by atoms with E-state index < -0.39 is 0 Å². The van der Waals surface area contributed by atoms with Gasteiger partial charge in [0.1, 0.15) is 0 Å². The number of aliphatic hydroxyl groups excluding tert-OH is 1. The number of rotatable bonds is 3. The molecule has 3 nitrogen and oxygen atoms in total. The lowest BCUT2D eigenvalue weighted by Gasteiger charge is -2.19. The van der Waals surface area contributed by atoms with Crippen molar-refractivity contribution in [3.8, 4) is 0 Å². The molecule has 0 aromatic carbocycles. The summed E-state index contributed by atoms with van der Waals surface area (Å²) in [6, 6.07) is 0. The van der Waals surface area contributed by atoms with Crippen LogP contribution in [0.5, 0.6) is 0 Å². The lowest BCUT2D eigenvalue weighted by Crippen LogP contribution is -2.13. The molecule has 1 atom stereocenters. The molecule has 1 aromatic rings. The Labute approximate surface area is 94.1 Å². The lowest BCUT2D eigenvalue weighted by molar-refractivity contribution is 0.0853. The average molecular weight is 227 g/mol. The molecule has 0 aliphatic carbocycles. The summed E-state index contributed by atoms with van der Waals surface area (Å²) in [5, 5.41) is 10.5. The Morgan fingerprint density at radius 3 is 3.00 bits per heavy atom. The maximum Gasteiger partial charge on any atom is 0.0960 e. The van der Waals surface area contributed by atoms with Gasteiger partial charge < -0.3 is 9.84 Å². The number of aromatic nitrogens is 1. The van der Waals surface area contributed by atoms with Crippen LogP contribution in [0.2, 0.25) is 0 Å². The molecule has 1 unspecified atom stereocenters. The maximum atomic E-state index is 9.28. The van der Waals surface area contributed by atoms with Gasteiger partial charge >= 0.3 is 0 Å². The highest BCUT2D eigenvalue weighted by atomic mass is 32.1. The van der Waals surface area contributed by atoms with Gasteiger partial charge in [0.25, 0.3) is 0 Å². The molecule has 2 heterocycles. The van der Waals surface area contributed by atoms with Crippen LogP contribution in [0, 0.1) is 0 Å². The fraction of sp³-hybridized carbons (Fsp3) is 0.727. The summed E-state index contributed by atoms with van der Waals surface area (Å²) in [7, 11) is 0. The fourth-order valence-corrected chi connectivity index (χ4v) is 3.05. The molecule has 1 saturated heterocycles. The van der Waals surface area contributed by atoms with E-state index in [1.54, 1.807) is 11.3 Å². The predicted octanol–water partition coefficient (Wildman–Crippen LogP) is 1.96. The van der Waals surface area contributed by atoms with Gasteiger partial charge in [-0.1, -0.05) is 0 Å². The van der Waals surface area contributed by atoms with Gasteiger partial charge in [-0.15, -0.1) is 11.3 Å². The van der Waals surface area contributed by atoms with Gasteiger partial charge in [0.15, 0.2) is 0 Å². The van der Waals surface area contributed by atoms with Gasteiger partial charge in [0, 0.05) is 36.6 Å². The Hall–Kier alpha value is -0.450. The van der Waals surface area contributed by atoms with Gasteiger partial charge in [-0.2, -0.15) is 0 Å². The molecular formula is C11H17NO2S. The van der Waals surface area contributed by atoms with Crippen molar-refractivity contribution in [1.29, 1.82) is 0 Å². The standard InChI is InChI=1S/C11H17NO2S/c1-8(13)6-10-7-12-11(15-10)9-2-4-14-5-3-9/h7-9,13H,2-6H2,1H3. The zero-order valence-corrected chi connectivity index (χ0v) is 9.80. The number of thiazole rings is 1. The Kier molecular flexibility index (Phi) is 3.72. The average Bonchev–Trinajstić information content (AvgIpc) is 2.67. The van der Waals surface area contributed by atoms with Crippen molar-refractivity contribution >= 4 is 11.3 Å². The number of hydrogen-bond acceptors (Lipinski definition) is 4. The maximum absolute atomic E-state index is 9.28. The molecule has 1 N–H and O–H groups in total. The van der Waals surface area contributed by atoms with E-state index in [4.69, 9.17) is 4.74 Å². The van der Waals surface area contributed by atoms with Gasteiger partial charge in [-0.3, -0.25) is 0 Å². The zero-order valence-electron chi connectivity index (χ0n) is 8.98. The van der Waals surface area contributed by atoms with Crippen LogP contribution in [-0.4, -0.2) is 29.4 Å². The summed E-state index contributed by atoms with van der Waals surface area (Å²) in [5.41, 5.74) is 0. The van der Waals surface area contributed by atoms with Crippen LogP contribution in [0.25, 0.3) is 0 Å². The van der Waals surface area contributed by atoms with Crippen molar-refractivity contribution in [3.63, 3.8) is 0 Å². The van der Waals surface area contributed by atoms with E-state index in [1.807, 2.05) is 13.1 Å². The SMILES string of the molecule is CC(O)Cc1cnc(C2CCOCC2)s1. The van der Waals surface area contributed by atoms with Gasteiger partial charge in [0.05, 0.1) is 11.1 Å².